The van der Waals surface area contributed by atoms with Crippen molar-refractivity contribution in [3.8, 4) is 0 Å². The van der Waals surface area contributed by atoms with Crippen LogP contribution in [0.3, 0.4) is 0 Å². The van der Waals surface area contributed by atoms with Crippen molar-refractivity contribution in [2.75, 3.05) is 18.8 Å². The van der Waals surface area contributed by atoms with Gasteiger partial charge in [0, 0.05) is 30.8 Å². The van der Waals surface area contributed by atoms with Gasteiger partial charge in [0.15, 0.2) is 0 Å². The molecule has 2 rings (SSSR count). The van der Waals surface area contributed by atoms with Gasteiger partial charge in [-0.05, 0) is 37.8 Å². The first-order chi connectivity index (χ1) is 11.8. The van der Waals surface area contributed by atoms with Gasteiger partial charge in [0.05, 0.1) is 15.6 Å². The average Bonchev–Trinajstić information content (AvgIpc) is 2.59. The van der Waals surface area contributed by atoms with E-state index in [0.29, 0.717) is 23.9 Å². The number of halogens is 1. The zero-order chi connectivity index (χ0) is 18.6. The van der Waals surface area contributed by atoms with E-state index < -0.39 is 10.8 Å². The lowest BCUT2D eigenvalue weighted by molar-refractivity contribution is -0.387. The van der Waals surface area contributed by atoms with Gasteiger partial charge in [-0.25, -0.2) is 0 Å². The van der Waals surface area contributed by atoms with Crippen molar-refractivity contribution < 1.29 is 14.5 Å². The highest BCUT2D eigenvalue weighted by atomic mass is 35.5. The first-order valence-corrected chi connectivity index (χ1v) is 9.02. The third-order valence-electron chi connectivity index (χ3n) is 4.43. The van der Waals surface area contributed by atoms with Gasteiger partial charge in [-0.2, -0.15) is 0 Å². The van der Waals surface area contributed by atoms with Crippen LogP contribution in [-0.4, -0.2) is 46.5 Å². The first kappa shape index (κ1) is 22.2. The molecule has 8 nitrogen and oxygen atoms in total. The Bertz CT molecular complexity index is 678. The van der Waals surface area contributed by atoms with E-state index in [-0.39, 0.29) is 41.4 Å². The molecule has 0 spiro atoms. The second kappa shape index (κ2) is 9.75. The van der Waals surface area contributed by atoms with Crippen LogP contribution in [0.4, 0.5) is 5.69 Å². The number of carbonyl (C=O) groups excluding carboxylic acids is 2. The molecule has 1 aliphatic rings. The minimum absolute atomic E-state index is 0. The van der Waals surface area contributed by atoms with Crippen LogP contribution in [0.25, 0.3) is 0 Å². The molecule has 1 heterocycles. The zero-order valence-corrected chi connectivity index (χ0v) is 16.1. The molecular weight excluding hydrogens is 380 g/mol. The molecule has 1 aromatic carbocycles. The summed E-state index contributed by atoms with van der Waals surface area (Å²) in [7, 11) is 0. The highest BCUT2D eigenvalue weighted by molar-refractivity contribution is 8.00. The Morgan fingerprint density at radius 3 is 2.50 bits per heavy atom. The third-order valence-corrected chi connectivity index (χ3v) is 5.47. The Morgan fingerprint density at radius 1 is 1.38 bits per heavy atom. The van der Waals surface area contributed by atoms with Gasteiger partial charge in [-0.3, -0.25) is 19.7 Å². The maximum absolute atomic E-state index is 12.3. The summed E-state index contributed by atoms with van der Waals surface area (Å²) in [6.07, 6.45) is 1.75. The van der Waals surface area contributed by atoms with Crippen LogP contribution >= 0.6 is 24.2 Å². The van der Waals surface area contributed by atoms with Crippen LogP contribution in [0.15, 0.2) is 23.1 Å². The lowest BCUT2D eigenvalue weighted by atomic mass is 9.91. The van der Waals surface area contributed by atoms with E-state index in [1.165, 1.54) is 12.1 Å². The summed E-state index contributed by atoms with van der Waals surface area (Å²) in [5.74, 6) is -0.243. The van der Waals surface area contributed by atoms with Gasteiger partial charge in [0.2, 0.25) is 11.8 Å². The van der Waals surface area contributed by atoms with Crippen molar-refractivity contribution in [2.45, 2.75) is 30.7 Å². The number of hydrogen-bond acceptors (Lipinski definition) is 6. The molecular formula is C16H23ClN4O4S. The molecule has 1 fully saturated rings. The van der Waals surface area contributed by atoms with Gasteiger partial charge < -0.3 is 16.4 Å². The fourth-order valence-electron chi connectivity index (χ4n) is 2.84. The van der Waals surface area contributed by atoms with Crippen LogP contribution in [0.2, 0.25) is 0 Å². The van der Waals surface area contributed by atoms with Crippen molar-refractivity contribution in [1.82, 2.24) is 4.90 Å². The number of hydrogen-bond donors (Lipinski definition) is 2. The van der Waals surface area contributed by atoms with E-state index in [9.17, 15) is 19.7 Å². The molecule has 0 aliphatic carbocycles. The van der Waals surface area contributed by atoms with E-state index >= 15 is 0 Å². The predicted molar refractivity (Wildman–Crippen MR) is 103 cm³/mol. The number of nitro groups is 1. The van der Waals surface area contributed by atoms with Gasteiger partial charge in [0.1, 0.15) is 0 Å². The molecule has 1 unspecified atom stereocenters. The molecule has 0 radical (unpaired) electrons. The third kappa shape index (κ3) is 5.58. The molecule has 0 aromatic heterocycles. The maximum Gasteiger partial charge on any atom is 0.283 e. The van der Waals surface area contributed by atoms with Crippen LogP contribution < -0.4 is 11.5 Å². The number of benzene rings is 1. The summed E-state index contributed by atoms with van der Waals surface area (Å²) in [6, 6.07) is 4.15. The number of amides is 2. The topological polar surface area (TPSA) is 133 Å². The van der Waals surface area contributed by atoms with Gasteiger partial charge in [-0.1, -0.05) is 0 Å². The summed E-state index contributed by atoms with van der Waals surface area (Å²) in [4.78, 5) is 36.2. The average molecular weight is 403 g/mol. The monoisotopic (exact) mass is 402 g/mol. The van der Waals surface area contributed by atoms with Gasteiger partial charge in [0.25, 0.3) is 5.69 Å². The second-order valence-corrected chi connectivity index (χ2v) is 7.19. The molecule has 0 saturated carbocycles. The number of piperidine rings is 1. The Kier molecular flexibility index (Phi) is 8.32. The largest absolute Gasteiger partial charge is 0.366 e. The number of nitrogens with zero attached hydrogens (tertiary/aromatic N) is 2. The Morgan fingerprint density at radius 2 is 2.00 bits per heavy atom. The SMILES string of the molecule is CC(N)C1CCN(C(=O)CSc2ccc(C(N)=O)cc2[N+](=O)[O-])CC1.Cl. The van der Waals surface area contributed by atoms with Crippen molar-refractivity contribution >= 4 is 41.7 Å². The maximum atomic E-state index is 12.3. The summed E-state index contributed by atoms with van der Waals surface area (Å²) >= 11 is 1.09. The van der Waals surface area contributed by atoms with Gasteiger partial charge in [-0.15, -0.1) is 24.2 Å². The smallest absolute Gasteiger partial charge is 0.283 e. The van der Waals surface area contributed by atoms with E-state index in [1.807, 2.05) is 6.92 Å². The number of carbonyl (C=O) groups is 2. The number of nitro benzene ring substituents is 1. The summed E-state index contributed by atoms with van der Waals surface area (Å²) in [5, 5.41) is 11.2. The molecule has 4 N–H and O–H groups in total. The molecule has 0 bridgehead atoms. The fraction of sp³-hybridized carbons (Fsp3) is 0.500. The Balaban J connectivity index is 0.00000338. The number of thioether (sulfide) groups is 1. The number of nitrogens with two attached hydrogens (primary N) is 2. The Labute approximate surface area is 162 Å². The quantitative estimate of drug-likeness (QED) is 0.423. The fourth-order valence-corrected chi connectivity index (χ4v) is 3.75. The van der Waals surface area contributed by atoms with Crippen LogP contribution in [0.1, 0.15) is 30.1 Å². The van der Waals surface area contributed by atoms with Crippen molar-refractivity contribution in [3.05, 3.63) is 33.9 Å². The number of likely N-dealkylation sites (tertiary alicyclic amines) is 1. The Hall–Kier alpha value is -1.84. The standard InChI is InChI=1S/C16H22N4O4S.ClH/c1-10(17)11-4-6-19(7-5-11)15(21)9-25-14-3-2-12(16(18)22)8-13(14)20(23)24;/h2-3,8,10-11H,4-7,9,17H2,1H3,(H2,18,22);1H. The minimum Gasteiger partial charge on any atom is -0.366 e. The van der Waals surface area contributed by atoms with E-state index in [0.717, 1.165) is 30.7 Å². The molecule has 2 amide bonds. The first-order valence-electron chi connectivity index (χ1n) is 8.04. The lowest BCUT2D eigenvalue weighted by Gasteiger charge is -2.33. The number of primary amides is 1. The second-order valence-electron chi connectivity index (χ2n) is 6.17. The highest BCUT2D eigenvalue weighted by Gasteiger charge is 2.25. The summed E-state index contributed by atoms with van der Waals surface area (Å²) in [5.41, 5.74) is 10.9. The van der Waals surface area contributed by atoms with Crippen LogP contribution in [-0.2, 0) is 4.79 Å². The van der Waals surface area contributed by atoms with Crippen LogP contribution in [0.5, 0.6) is 0 Å². The van der Waals surface area contributed by atoms with Crippen molar-refractivity contribution in [2.24, 2.45) is 17.4 Å². The van der Waals surface area contributed by atoms with Gasteiger partial charge >= 0.3 is 0 Å². The summed E-state index contributed by atoms with van der Waals surface area (Å²) in [6.45, 7) is 3.30. The highest BCUT2D eigenvalue weighted by Crippen LogP contribution is 2.30. The normalized spacial score (nSPS) is 15.8. The van der Waals surface area contributed by atoms with Crippen molar-refractivity contribution in [1.29, 1.82) is 0 Å². The minimum atomic E-state index is -0.729. The number of rotatable bonds is 6. The molecule has 1 saturated heterocycles. The molecule has 144 valence electrons. The molecule has 1 atom stereocenters. The molecule has 1 aromatic rings. The summed E-state index contributed by atoms with van der Waals surface area (Å²) < 4.78 is 0. The molecule has 26 heavy (non-hydrogen) atoms. The van der Waals surface area contributed by atoms with E-state index in [4.69, 9.17) is 11.5 Å². The van der Waals surface area contributed by atoms with E-state index in [1.54, 1.807) is 4.90 Å². The molecule has 1 aliphatic heterocycles. The van der Waals surface area contributed by atoms with E-state index in [2.05, 4.69) is 0 Å². The predicted octanol–water partition coefficient (Wildman–Crippen LogP) is 1.79. The van der Waals surface area contributed by atoms with Crippen molar-refractivity contribution in [3.63, 3.8) is 0 Å². The van der Waals surface area contributed by atoms with Crippen LogP contribution in [0, 0.1) is 16.0 Å². The lowest BCUT2D eigenvalue weighted by Crippen LogP contribution is -2.43. The zero-order valence-electron chi connectivity index (χ0n) is 14.4. The molecule has 10 heteroatoms.